The number of carbonyl (C=O) groups excluding carboxylic acids is 1. The number of esters is 1. The van der Waals surface area contributed by atoms with Crippen LogP contribution in [-0.4, -0.2) is 31.6 Å². The molecular weight excluding hydrogens is 314 g/mol. The smallest absolute Gasteiger partial charge is 0.311 e. The molecule has 0 amide bonds. The Bertz CT molecular complexity index is 681. The van der Waals surface area contributed by atoms with E-state index in [2.05, 4.69) is 5.10 Å². The molecule has 1 N–H and O–H groups in total. The van der Waals surface area contributed by atoms with Crippen molar-refractivity contribution in [2.24, 2.45) is 5.10 Å². The van der Waals surface area contributed by atoms with Gasteiger partial charge in [0.05, 0.1) is 22.8 Å². The van der Waals surface area contributed by atoms with Crippen LogP contribution in [0.25, 0.3) is 0 Å². The van der Waals surface area contributed by atoms with Gasteiger partial charge in [-0.3, -0.25) is 14.9 Å². The zero-order chi connectivity index (χ0) is 16.8. The van der Waals surface area contributed by atoms with Gasteiger partial charge in [0.2, 0.25) is 0 Å². The van der Waals surface area contributed by atoms with E-state index >= 15 is 0 Å². The zero-order valence-electron chi connectivity index (χ0n) is 12.0. The Balaban J connectivity index is 2.78. The van der Waals surface area contributed by atoms with Gasteiger partial charge in [-0.1, -0.05) is 0 Å². The van der Waals surface area contributed by atoms with Crippen LogP contribution in [0.4, 0.5) is 5.69 Å². The van der Waals surface area contributed by atoms with Crippen molar-refractivity contribution in [3.8, 4) is 0 Å². The molecule has 0 bridgehead atoms. The lowest BCUT2D eigenvalue weighted by Gasteiger charge is -2.05. The Morgan fingerprint density at radius 1 is 1.36 bits per heavy atom. The minimum absolute atomic E-state index is 0.142. The van der Waals surface area contributed by atoms with E-state index in [0.29, 0.717) is 0 Å². The average molecular weight is 329 g/mol. The minimum atomic E-state index is -3.96. The molecule has 120 valence electrons. The largest absolute Gasteiger partial charge is 0.466 e. The van der Waals surface area contributed by atoms with Crippen LogP contribution in [0.3, 0.4) is 0 Å². The van der Waals surface area contributed by atoms with Crippen LogP contribution in [0.5, 0.6) is 0 Å². The van der Waals surface area contributed by atoms with Gasteiger partial charge in [-0.05, 0) is 26.0 Å². The highest BCUT2D eigenvalue weighted by Gasteiger charge is 2.15. The molecule has 0 aliphatic heterocycles. The van der Waals surface area contributed by atoms with Crippen LogP contribution in [0.2, 0.25) is 0 Å². The number of nitro benzene ring substituents is 1. The van der Waals surface area contributed by atoms with Crippen LogP contribution in [0.1, 0.15) is 20.3 Å². The predicted molar refractivity (Wildman–Crippen MR) is 77.8 cm³/mol. The van der Waals surface area contributed by atoms with Gasteiger partial charge in [0.15, 0.2) is 0 Å². The first-order chi connectivity index (χ1) is 10.3. The molecule has 22 heavy (non-hydrogen) atoms. The van der Waals surface area contributed by atoms with Gasteiger partial charge in [-0.2, -0.15) is 13.5 Å². The maximum absolute atomic E-state index is 11.9. The van der Waals surface area contributed by atoms with Crippen LogP contribution >= 0.6 is 0 Å². The van der Waals surface area contributed by atoms with E-state index in [1.54, 1.807) is 6.92 Å². The molecule has 0 aliphatic rings. The van der Waals surface area contributed by atoms with E-state index in [1.165, 1.54) is 6.92 Å². The van der Waals surface area contributed by atoms with Gasteiger partial charge in [-0.15, -0.1) is 0 Å². The number of non-ortho nitro benzene ring substituents is 1. The maximum Gasteiger partial charge on any atom is 0.311 e. The molecule has 10 heteroatoms. The fourth-order valence-corrected chi connectivity index (χ4v) is 2.27. The van der Waals surface area contributed by atoms with Gasteiger partial charge in [0.1, 0.15) is 0 Å². The fourth-order valence-electron chi connectivity index (χ4n) is 1.40. The first-order valence-corrected chi connectivity index (χ1v) is 7.69. The van der Waals surface area contributed by atoms with E-state index < -0.39 is 20.9 Å². The lowest BCUT2D eigenvalue weighted by Crippen LogP contribution is -2.20. The van der Waals surface area contributed by atoms with E-state index in [0.717, 1.165) is 24.3 Å². The zero-order valence-corrected chi connectivity index (χ0v) is 12.8. The number of hydrazone groups is 1. The summed E-state index contributed by atoms with van der Waals surface area (Å²) in [5.41, 5.74) is 0.00452. The number of sulfonamides is 1. The molecule has 1 aromatic rings. The molecule has 1 rings (SSSR count). The van der Waals surface area contributed by atoms with E-state index in [9.17, 15) is 23.3 Å². The summed E-state index contributed by atoms with van der Waals surface area (Å²) in [6, 6.07) is 4.33. The predicted octanol–water partition coefficient (Wildman–Crippen LogP) is 1.20. The number of nitro groups is 1. The summed E-state index contributed by atoms with van der Waals surface area (Å²) in [5.74, 6) is -0.515. The molecule has 0 atom stereocenters. The molecule has 0 unspecified atom stereocenters. The van der Waals surface area contributed by atoms with Crippen molar-refractivity contribution in [2.45, 2.75) is 25.2 Å². The first-order valence-electron chi connectivity index (χ1n) is 6.21. The van der Waals surface area contributed by atoms with Gasteiger partial charge in [0, 0.05) is 17.8 Å². The molecule has 0 fully saturated rings. The highest BCUT2D eigenvalue weighted by Crippen LogP contribution is 2.15. The topological polar surface area (TPSA) is 128 Å². The van der Waals surface area contributed by atoms with Gasteiger partial charge in [-0.25, -0.2) is 4.83 Å². The van der Waals surface area contributed by atoms with Crippen LogP contribution in [0.15, 0.2) is 34.3 Å². The number of hydrogen-bond acceptors (Lipinski definition) is 7. The first kappa shape index (κ1) is 17.6. The van der Waals surface area contributed by atoms with Gasteiger partial charge < -0.3 is 4.74 Å². The molecule has 0 saturated heterocycles. The number of ether oxygens (including phenoxy) is 1. The number of nitrogens with zero attached hydrogens (tertiary/aromatic N) is 2. The van der Waals surface area contributed by atoms with Crippen molar-refractivity contribution in [1.29, 1.82) is 0 Å². The Kier molecular flexibility index (Phi) is 5.99. The fraction of sp³-hybridized carbons (Fsp3) is 0.333. The Hall–Kier alpha value is -2.49. The number of hydrogen-bond donors (Lipinski definition) is 1. The van der Waals surface area contributed by atoms with Crippen molar-refractivity contribution in [2.75, 3.05) is 6.61 Å². The van der Waals surface area contributed by atoms with Gasteiger partial charge >= 0.3 is 5.97 Å². The summed E-state index contributed by atoms with van der Waals surface area (Å²) in [6.07, 6.45) is -0.142. The lowest BCUT2D eigenvalue weighted by atomic mass is 10.3. The van der Waals surface area contributed by atoms with Crippen molar-refractivity contribution in [1.82, 2.24) is 4.83 Å². The van der Waals surface area contributed by atoms with Crippen molar-refractivity contribution in [3.63, 3.8) is 0 Å². The molecule has 0 spiro atoms. The monoisotopic (exact) mass is 329 g/mol. The minimum Gasteiger partial charge on any atom is -0.466 e. The third-order valence-corrected chi connectivity index (χ3v) is 3.64. The van der Waals surface area contributed by atoms with E-state index in [1.807, 2.05) is 4.83 Å². The molecule has 0 aliphatic carbocycles. The van der Waals surface area contributed by atoms with Gasteiger partial charge in [0.25, 0.3) is 15.7 Å². The SMILES string of the molecule is CCOC(=O)CC(C)=NNS(=O)(=O)c1ccc([N+](=O)[O-])cc1. The summed E-state index contributed by atoms with van der Waals surface area (Å²) in [5, 5.41) is 14.1. The summed E-state index contributed by atoms with van der Waals surface area (Å²) in [6.45, 7) is 3.34. The number of nitrogens with one attached hydrogen (secondary N) is 1. The second kappa shape index (κ2) is 7.50. The van der Waals surface area contributed by atoms with Crippen LogP contribution in [0, 0.1) is 10.1 Å². The maximum atomic E-state index is 11.9. The van der Waals surface area contributed by atoms with Crippen molar-refractivity contribution in [3.05, 3.63) is 34.4 Å². The standard InChI is InChI=1S/C12H15N3O6S/c1-3-21-12(16)8-9(2)13-14-22(19,20)11-6-4-10(5-7-11)15(17)18/h4-7,14H,3,8H2,1-2H3. The molecule has 0 radical (unpaired) electrons. The normalized spacial score (nSPS) is 11.8. The highest BCUT2D eigenvalue weighted by molar-refractivity contribution is 7.89. The van der Waals surface area contributed by atoms with Crippen LogP contribution in [-0.2, 0) is 19.6 Å². The van der Waals surface area contributed by atoms with Crippen molar-refractivity contribution >= 4 is 27.4 Å². The molecular formula is C12H15N3O6S. The summed E-state index contributed by atoms with van der Waals surface area (Å²) < 4.78 is 28.6. The van der Waals surface area contributed by atoms with Crippen LogP contribution < -0.4 is 4.83 Å². The second-order valence-corrected chi connectivity index (χ2v) is 5.84. The second-order valence-electron chi connectivity index (χ2n) is 4.17. The van der Waals surface area contributed by atoms with E-state index in [4.69, 9.17) is 4.74 Å². The summed E-state index contributed by atoms with van der Waals surface area (Å²) in [4.78, 5) is 22.9. The Morgan fingerprint density at radius 2 is 1.95 bits per heavy atom. The third-order valence-electron chi connectivity index (χ3n) is 2.42. The number of benzene rings is 1. The summed E-state index contributed by atoms with van der Waals surface area (Å²) in [7, 11) is -3.96. The number of rotatable bonds is 7. The molecule has 0 heterocycles. The molecule has 0 saturated carbocycles. The lowest BCUT2D eigenvalue weighted by molar-refractivity contribution is -0.384. The molecule has 0 aromatic heterocycles. The third kappa shape index (κ3) is 5.13. The Labute approximate surface area is 127 Å². The number of carbonyl (C=O) groups is 1. The highest BCUT2D eigenvalue weighted by atomic mass is 32.2. The quantitative estimate of drug-likeness (QED) is 0.346. The molecule has 9 nitrogen and oxygen atoms in total. The molecule has 1 aromatic carbocycles. The van der Waals surface area contributed by atoms with Crippen molar-refractivity contribution < 1.29 is 22.9 Å². The Morgan fingerprint density at radius 3 is 2.45 bits per heavy atom. The average Bonchev–Trinajstić information content (AvgIpc) is 2.45. The summed E-state index contributed by atoms with van der Waals surface area (Å²) >= 11 is 0. The van der Waals surface area contributed by atoms with E-state index in [-0.39, 0.29) is 29.3 Å².